The first kappa shape index (κ1) is 11.0. The van der Waals surface area contributed by atoms with Crippen molar-refractivity contribution in [2.45, 2.75) is 39.7 Å². The normalized spacial score (nSPS) is 24.1. The fraction of sp³-hybridized carbons (Fsp3) is 0.800. The average Bonchev–Trinajstić information content (AvgIpc) is 2.60. The van der Waals surface area contributed by atoms with Gasteiger partial charge in [-0.2, -0.15) is 0 Å². The highest BCUT2D eigenvalue weighted by Gasteiger charge is 2.49. The molecule has 0 bridgehead atoms. The predicted molar refractivity (Wildman–Crippen MR) is 55.8 cm³/mol. The first-order chi connectivity index (χ1) is 7.42. The molecule has 0 saturated heterocycles. The SMILES string of the molecule is CC(Cn1nnnc1C1CC1(C)C)C(=O)O. The van der Waals surface area contributed by atoms with Crippen LogP contribution in [0.15, 0.2) is 0 Å². The number of nitrogens with zero attached hydrogens (tertiary/aromatic N) is 4. The zero-order valence-corrected chi connectivity index (χ0v) is 9.71. The molecule has 1 aliphatic rings. The molecule has 0 spiro atoms. The molecule has 2 rings (SSSR count). The number of hydrogen-bond donors (Lipinski definition) is 1. The highest BCUT2D eigenvalue weighted by Crippen LogP contribution is 2.57. The monoisotopic (exact) mass is 224 g/mol. The fourth-order valence-corrected chi connectivity index (χ4v) is 1.84. The van der Waals surface area contributed by atoms with Crippen LogP contribution >= 0.6 is 0 Å². The Morgan fingerprint density at radius 3 is 2.81 bits per heavy atom. The average molecular weight is 224 g/mol. The van der Waals surface area contributed by atoms with Crippen LogP contribution in [0.2, 0.25) is 0 Å². The summed E-state index contributed by atoms with van der Waals surface area (Å²) in [6, 6.07) is 0. The molecule has 0 amide bonds. The fourth-order valence-electron chi connectivity index (χ4n) is 1.84. The van der Waals surface area contributed by atoms with Gasteiger partial charge in [0.1, 0.15) is 0 Å². The minimum Gasteiger partial charge on any atom is -0.481 e. The lowest BCUT2D eigenvalue weighted by Gasteiger charge is -2.08. The van der Waals surface area contributed by atoms with E-state index in [4.69, 9.17) is 5.11 Å². The number of carboxylic acid groups (broad SMARTS) is 1. The topological polar surface area (TPSA) is 80.9 Å². The molecule has 0 radical (unpaired) electrons. The Morgan fingerprint density at radius 2 is 2.31 bits per heavy atom. The Morgan fingerprint density at radius 1 is 1.69 bits per heavy atom. The van der Waals surface area contributed by atoms with E-state index in [-0.39, 0.29) is 5.41 Å². The van der Waals surface area contributed by atoms with Gasteiger partial charge in [-0.15, -0.1) is 5.10 Å². The molecule has 2 unspecified atom stereocenters. The van der Waals surface area contributed by atoms with E-state index in [2.05, 4.69) is 29.4 Å². The van der Waals surface area contributed by atoms with Gasteiger partial charge in [-0.1, -0.05) is 20.8 Å². The maximum Gasteiger partial charge on any atom is 0.308 e. The second-order valence-electron chi connectivity index (χ2n) is 5.20. The minimum absolute atomic E-state index is 0.249. The number of carboxylic acids is 1. The van der Waals surface area contributed by atoms with Crippen molar-refractivity contribution in [1.29, 1.82) is 0 Å². The number of rotatable bonds is 4. The molecular formula is C10H16N4O2. The van der Waals surface area contributed by atoms with Crippen molar-refractivity contribution in [3.8, 4) is 0 Å². The van der Waals surface area contributed by atoms with Crippen LogP contribution in [0.1, 0.15) is 38.9 Å². The van der Waals surface area contributed by atoms with Crippen LogP contribution in [-0.2, 0) is 11.3 Å². The van der Waals surface area contributed by atoms with E-state index in [1.807, 2.05) is 0 Å². The minimum atomic E-state index is -0.823. The first-order valence-electron chi connectivity index (χ1n) is 5.40. The molecule has 1 aliphatic carbocycles. The van der Waals surface area contributed by atoms with E-state index < -0.39 is 11.9 Å². The van der Waals surface area contributed by atoms with Gasteiger partial charge in [0.2, 0.25) is 0 Å². The molecule has 1 aromatic heterocycles. The van der Waals surface area contributed by atoms with E-state index in [0.717, 1.165) is 12.2 Å². The van der Waals surface area contributed by atoms with E-state index in [1.54, 1.807) is 11.6 Å². The van der Waals surface area contributed by atoms with E-state index in [9.17, 15) is 4.79 Å². The van der Waals surface area contributed by atoms with Crippen molar-refractivity contribution in [2.24, 2.45) is 11.3 Å². The summed E-state index contributed by atoms with van der Waals surface area (Å²) in [6.07, 6.45) is 1.06. The van der Waals surface area contributed by atoms with E-state index in [1.165, 1.54) is 0 Å². The van der Waals surface area contributed by atoms with Crippen LogP contribution in [0.4, 0.5) is 0 Å². The standard InChI is InChI=1S/C10H16N4O2/c1-6(9(15)16)5-14-8(11-12-13-14)7-4-10(7,2)3/h6-7H,4-5H2,1-3H3,(H,15,16). The van der Waals surface area contributed by atoms with Crippen LogP contribution in [0.5, 0.6) is 0 Å². The number of hydrogen-bond acceptors (Lipinski definition) is 4. The molecule has 1 fully saturated rings. The summed E-state index contributed by atoms with van der Waals surface area (Å²) >= 11 is 0. The Kier molecular flexibility index (Phi) is 2.44. The van der Waals surface area contributed by atoms with Gasteiger partial charge in [-0.25, -0.2) is 4.68 Å². The van der Waals surface area contributed by atoms with Crippen molar-refractivity contribution in [2.75, 3.05) is 0 Å². The third kappa shape index (κ3) is 1.91. The summed E-state index contributed by atoms with van der Waals surface area (Å²) in [4.78, 5) is 10.8. The maximum atomic E-state index is 10.8. The zero-order valence-electron chi connectivity index (χ0n) is 9.71. The molecule has 6 heteroatoms. The highest BCUT2D eigenvalue weighted by atomic mass is 16.4. The molecule has 0 aliphatic heterocycles. The van der Waals surface area contributed by atoms with Crippen molar-refractivity contribution >= 4 is 5.97 Å². The van der Waals surface area contributed by atoms with E-state index >= 15 is 0 Å². The maximum absolute atomic E-state index is 10.8. The predicted octanol–water partition coefficient (Wildman–Crippen LogP) is 0.907. The Labute approximate surface area is 93.6 Å². The smallest absolute Gasteiger partial charge is 0.308 e. The quantitative estimate of drug-likeness (QED) is 0.822. The molecule has 16 heavy (non-hydrogen) atoms. The summed E-state index contributed by atoms with van der Waals surface area (Å²) < 4.78 is 1.62. The summed E-state index contributed by atoms with van der Waals surface area (Å²) in [5.74, 6) is -0.109. The molecule has 6 nitrogen and oxygen atoms in total. The summed E-state index contributed by atoms with van der Waals surface area (Å²) in [6.45, 7) is 6.32. The largest absolute Gasteiger partial charge is 0.481 e. The molecule has 0 aromatic carbocycles. The van der Waals surface area contributed by atoms with Gasteiger partial charge >= 0.3 is 5.97 Å². The van der Waals surface area contributed by atoms with Gasteiger partial charge in [-0.05, 0) is 22.3 Å². The lowest BCUT2D eigenvalue weighted by molar-refractivity contribution is -0.141. The number of aliphatic carboxylic acids is 1. The van der Waals surface area contributed by atoms with Crippen LogP contribution in [-0.4, -0.2) is 31.3 Å². The van der Waals surface area contributed by atoms with Gasteiger partial charge in [0.25, 0.3) is 0 Å². The van der Waals surface area contributed by atoms with Crippen LogP contribution in [0.3, 0.4) is 0 Å². The summed E-state index contributed by atoms with van der Waals surface area (Å²) in [7, 11) is 0. The van der Waals surface area contributed by atoms with Crippen LogP contribution < -0.4 is 0 Å². The van der Waals surface area contributed by atoms with Crippen molar-refractivity contribution in [3.05, 3.63) is 5.82 Å². The molecule has 2 atom stereocenters. The molecule has 1 N–H and O–H groups in total. The summed E-state index contributed by atoms with van der Waals surface area (Å²) in [5, 5.41) is 20.3. The second kappa shape index (κ2) is 3.54. The molecule has 1 saturated carbocycles. The van der Waals surface area contributed by atoms with Crippen molar-refractivity contribution < 1.29 is 9.90 Å². The molecule has 1 aromatic rings. The first-order valence-corrected chi connectivity index (χ1v) is 5.40. The van der Waals surface area contributed by atoms with Gasteiger partial charge in [0, 0.05) is 5.92 Å². The Bertz CT molecular complexity index is 413. The Hall–Kier alpha value is -1.46. The Balaban J connectivity index is 2.12. The van der Waals surface area contributed by atoms with Gasteiger partial charge in [-0.3, -0.25) is 4.79 Å². The van der Waals surface area contributed by atoms with Crippen LogP contribution in [0.25, 0.3) is 0 Å². The van der Waals surface area contributed by atoms with Gasteiger partial charge in [0.05, 0.1) is 12.5 Å². The number of aromatic nitrogens is 4. The highest BCUT2D eigenvalue weighted by molar-refractivity contribution is 5.69. The second-order valence-corrected chi connectivity index (χ2v) is 5.20. The third-order valence-electron chi connectivity index (χ3n) is 3.25. The van der Waals surface area contributed by atoms with E-state index in [0.29, 0.717) is 12.5 Å². The zero-order chi connectivity index (χ0) is 11.9. The van der Waals surface area contributed by atoms with Crippen molar-refractivity contribution in [3.63, 3.8) is 0 Å². The van der Waals surface area contributed by atoms with Gasteiger partial charge in [0.15, 0.2) is 5.82 Å². The lowest BCUT2D eigenvalue weighted by atomic mass is 10.1. The molecule has 88 valence electrons. The number of carbonyl (C=O) groups is 1. The molecular weight excluding hydrogens is 208 g/mol. The molecule has 1 heterocycles. The van der Waals surface area contributed by atoms with Crippen molar-refractivity contribution in [1.82, 2.24) is 20.2 Å². The lowest BCUT2D eigenvalue weighted by Crippen LogP contribution is -2.19. The number of tetrazole rings is 1. The van der Waals surface area contributed by atoms with Gasteiger partial charge < -0.3 is 5.11 Å². The summed E-state index contributed by atoms with van der Waals surface area (Å²) in [5.41, 5.74) is 0.249. The van der Waals surface area contributed by atoms with Crippen LogP contribution in [0, 0.1) is 11.3 Å². The third-order valence-corrected chi connectivity index (χ3v) is 3.25.